The monoisotopic (exact) mass is 419 g/mol. The third-order valence-corrected chi connectivity index (χ3v) is 5.86. The Morgan fingerprint density at radius 1 is 1.21 bits per heavy atom. The Balaban J connectivity index is 1.84. The van der Waals surface area contributed by atoms with Crippen molar-refractivity contribution in [3.8, 4) is 0 Å². The summed E-state index contributed by atoms with van der Waals surface area (Å²) < 4.78 is 19.5. The molecular formula is C23H27ClFNO3. The lowest BCUT2D eigenvalue weighted by atomic mass is 9.82. The highest BCUT2D eigenvalue weighted by Crippen LogP contribution is 2.41. The van der Waals surface area contributed by atoms with Crippen LogP contribution < -0.4 is 0 Å². The van der Waals surface area contributed by atoms with E-state index < -0.39 is 17.3 Å². The molecule has 156 valence electrons. The lowest BCUT2D eigenvalue weighted by Gasteiger charge is -2.44. The van der Waals surface area contributed by atoms with E-state index in [1.54, 1.807) is 43.0 Å². The number of carbonyl (C=O) groups excluding carboxylic acids is 1. The van der Waals surface area contributed by atoms with Gasteiger partial charge in [-0.1, -0.05) is 35.9 Å². The molecule has 0 unspecified atom stereocenters. The number of cyclic esters (lactones) is 1. The van der Waals surface area contributed by atoms with Gasteiger partial charge in [-0.15, -0.1) is 0 Å². The fourth-order valence-electron chi connectivity index (χ4n) is 3.73. The van der Waals surface area contributed by atoms with Gasteiger partial charge in [0, 0.05) is 18.0 Å². The summed E-state index contributed by atoms with van der Waals surface area (Å²) >= 11 is 5.97. The van der Waals surface area contributed by atoms with Crippen LogP contribution in [0.5, 0.6) is 0 Å². The van der Waals surface area contributed by atoms with Crippen LogP contribution in [0.25, 0.3) is 0 Å². The quantitative estimate of drug-likeness (QED) is 0.640. The van der Waals surface area contributed by atoms with Gasteiger partial charge in [0.25, 0.3) is 0 Å². The van der Waals surface area contributed by atoms with Crippen LogP contribution in [0.2, 0.25) is 5.02 Å². The Morgan fingerprint density at radius 2 is 1.83 bits per heavy atom. The van der Waals surface area contributed by atoms with Crippen molar-refractivity contribution in [3.05, 3.63) is 70.5 Å². The molecule has 4 nitrogen and oxygen atoms in total. The van der Waals surface area contributed by atoms with Crippen LogP contribution in [0, 0.1) is 5.82 Å². The van der Waals surface area contributed by atoms with Gasteiger partial charge in [0.1, 0.15) is 11.4 Å². The molecule has 29 heavy (non-hydrogen) atoms. The predicted molar refractivity (Wildman–Crippen MR) is 111 cm³/mol. The third-order valence-electron chi connectivity index (χ3n) is 5.60. The smallest absolute Gasteiger partial charge is 0.411 e. The molecule has 2 atom stereocenters. The molecule has 6 heteroatoms. The second-order valence-electron chi connectivity index (χ2n) is 8.35. The minimum Gasteiger partial charge on any atom is -0.438 e. The van der Waals surface area contributed by atoms with E-state index in [1.807, 2.05) is 19.1 Å². The van der Waals surface area contributed by atoms with E-state index in [-0.39, 0.29) is 11.9 Å². The highest BCUT2D eigenvalue weighted by Gasteiger charge is 2.44. The van der Waals surface area contributed by atoms with Crippen LogP contribution in [0.4, 0.5) is 9.18 Å². The van der Waals surface area contributed by atoms with Crippen molar-refractivity contribution < 1.29 is 19.0 Å². The van der Waals surface area contributed by atoms with Gasteiger partial charge in [0.15, 0.2) is 0 Å². The number of rotatable bonds is 6. The minimum absolute atomic E-state index is 0.166. The molecule has 1 heterocycles. The Hall–Kier alpha value is -2.11. The zero-order valence-corrected chi connectivity index (χ0v) is 17.7. The molecule has 0 aromatic heterocycles. The van der Waals surface area contributed by atoms with Crippen molar-refractivity contribution >= 4 is 17.7 Å². The summed E-state index contributed by atoms with van der Waals surface area (Å²) in [7, 11) is 0. The first kappa shape index (κ1) is 21.6. The van der Waals surface area contributed by atoms with Crippen LogP contribution in [0.3, 0.4) is 0 Å². The standard InChI is InChI=1S/C23H27ClFNO3/c1-16(17-4-8-19(24)9-5-17)26-15-14-23(29-21(26)27,13-12-22(2,3)28)18-6-10-20(25)11-7-18/h4-11,16,28H,12-15H2,1-3H3/t16-,23+/m0/s1. The van der Waals surface area contributed by atoms with E-state index in [1.165, 1.54) is 12.1 Å². The second kappa shape index (κ2) is 8.33. The summed E-state index contributed by atoms with van der Waals surface area (Å²) in [6.45, 7) is 5.90. The van der Waals surface area contributed by atoms with E-state index in [4.69, 9.17) is 16.3 Å². The number of aliphatic hydroxyl groups is 1. The Bertz CT molecular complexity index is 848. The van der Waals surface area contributed by atoms with Crippen LogP contribution >= 0.6 is 11.6 Å². The summed E-state index contributed by atoms with van der Waals surface area (Å²) in [5.41, 5.74) is -0.0684. The predicted octanol–water partition coefficient (Wildman–Crippen LogP) is 5.83. The zero-order chi connectivity index (χ0) is 21.2. The Kier molecular flexibility index (Phi) is 6.20. The zero-order valence-electron chi connectivity index (χ0n) is 17.0. The summed E-state index contributed by atoms with van der Waals surface area (Å²) in [6.07, 6.45) is 1.04. The van der Waals surface area contributed by atoms with Gasteiger partial charge in [-0.25, -0.2) is 9.18 Å². The van der Waals surface area contributed by atoms with Crippen molar-refractivity contribution in [2.45, 2.75) is 57.3 Å². The average molecular weight is 420 g/mol. The summed E-state index contributed by atoms with van der Waals surface area (Å²) in [5, 5.41) is 10.9. The maximum Gasteiger partial charge on any atom is 0.411 e. The van der Waals surface area contributed by atoms with Crippen LogP contribution in [-0.2, 0) is 10.3 Å². The number of halogens is 2. The number of hydrogen-bond acceptors (Lipinski definition) is 3. The molecule has 1 aliphatic rings. The fourth-order valence-corrected chi connectivity index (χ4v) is 3.85. The summed E-state index contributed by atoms with van der Waals surface area (Å²) in [5.74, 6) is -0.341. The van der Waals surface area contributed by atoms with Gasteiger partial charge < -0.3 is 14.7 Å². The van der Waals surface area contributed by atoms with Crippen molar-refractivity contribution in [1.29, 1.82) is 0 Å². The largest absolute Gasteiger partial charge is 0.438 e. The average Bonchev–Trinajstić information content (AvgIpc) is 2.66. The lowest BCUT2D eigenvalue weighted by Crippen LogP contribution is -2.49. The van der Waals surface area contributed by atoms with Crippen LogP contribution in [-0.4, -0.2) is 28.2 Å². The molecule has 2 aromatic rings. The number of hydrogen-bond donors (Lipinski definition) is 1. The highest BCUT2D eigenvalue weighted by molar-refractivity contribution is 6.30. The molecule has 3 rings (SSSR count). The number of amides is 1. The van der Waals surface area contributed by atoms with Crippen molar-refractivity contribution in [3.63, 3.8) is 0 Å². The molecular weight excluding hydrogens is 393 g/mol. The fraction of sp³-hybridized carbons (Fsp3) is 0.435. The maximum absolute atomic E-state index is 13.4. The molecule has 0 radical (unpaired) electrons. The topological polar surface area (TPSA) is 49.8 Å². The van der Waals surface area contributed by atoms with Crippen LogP contribution in [0.1, 0.15) is 57.2 Å². The van der Waals surface area contributed by atoms with Gasteiger partial charge in [-0.3, -0.25) is 0 Å². The van der Waals surface area contributed by atoms with Gasteiger partial charge in [-0.2, -0.15) is 0 Å². The molecule has 1 N–H and O–H groups in total. The van der Waals surface area contributed by atoms with Crippen LogP contribution in [0.15, 0.2) is 48.5 Å². The summed E-state index contributed by atoms with van der Waals surface area (Å²) in [6, 6.07) is 13.3. The molecule has 0 spiro atoms. The molecule has 1 aliphatic heterocycles. The van der Waals surface area contributed by atoms with Crippen molar-refractivity contribution in [2.24, 2.45) is 0 Å². The van der Waals surface area contributed by atoms with E-state index in [0.29, 0.717) is 30.8 Å². The lowest BCUT2D eigenvalue weighted by molar-refractivity contribution is -0.0768. The molecule has 1 fully saturated rings. The first-order chi connectivity index (χ1) is 13.6. The molecule has 0 bridgehead atoms. The number of nitrogens with zero attached hydrogens (tertiary/aromatic N) is 1. The number of carbonyl (C=O) groups is 1. The Morgan fingerprint density at radius 3 is 2.38 bits per heavy atom. The third kappa shape index (κ3) is 5.09. The van der Waals surface area contributed by atoms with E-state index in [0.717, 1.165) is 11.1 Å². The van der Waals surface area contributed by atoms with Crippen molar-refractivity contribution in [1.82, 2.24) is 4.90 Å². The molecule has 0 aliphatic carbocycles. The first-order valence-corrected chi connectivity index (χ1v) is 10.2. The van der Waals surface area contributed by atoms with Gasteiger partial charge >= 0.3 is 6.09 Å². The van der Waals surface area contributed by atoms with Gasteiger partial charge in [0.05, 0.1) is 11.6 Å². The van der Waals surface area contributed by atoms with Gasteiger partial charge in [0.2, 0.25) is 0 Å². The number of benzene rings is 2. The maximum atomic E-state index is 13.4. The van der Waals surface area contributed by atoms with E-state index >= 15 is 0 Å². The Labute approximate surface area is 176 Å². The second-order valence-corrected chi connectivity index (χ2v) is 8.79. The molecule has 1 amide bonds. The SMILES string of the molecule is C[C@@H](c1ccc(Cl)cc1)N1CC[C@](CCC(C)(C)O)(c2ccc(F)cc2)OC1=O. The van der Waals surface area contributed by atoms with E-state index in [9.17, 15) is 14.3 Å². The summed E-state index contributed by atoms with van der Waals surface area (Å²) in [4.78, 5) is 14.7. The van der Waals surface area contributed by atoms with E-state index in [2.05, 4.69) is 0 Å². The highest BCUT2D eigenvalue weighted by atomic mass is 35.5. The first-order valence-electron chi connectivity index (χ1n) is 9.83. The number of ether oxygens (including phenoxy) is 1. The van der Waals surface area contributed by atoms with Gasteiger partial charge in [-0.05, 0) is 69.0 Å². The minimum atomic E-state index is -0.896. The molecule has 1 saturated heterocycles. The molecule has 0 saturated carbocycles. The normalized spacial score (nSPS) is 21.0. The van der Waals surface area contributed by atoms with Crippen molar-refractivity contribution in [2.75, 3.05) is 6.54 Å². The molecule has 2 aromatic carbocycles.